The summed E-state index contributed by atoms with van der Waals surface area (Å²) >= 11 is 6.05. The Balaban J connectivity index is 1.32. The first-order valence-corrected chi connectivity index (χ1v) is 13.1. The highest BCUT2D eigenvalue weighted by Crippen LogP contribution is 2.38. The van der Waals surface area contributed by atoms with Crippen LogP contribution in [0.3, 0.4) is 0 Å². The largest absolute Gasteiger partial charge is 0.493 e. The summed E-state index contributed by atoms with van der Waals surface area (Å²) in [6.45, 7) is 0.629. The maximum Gasteiger partial charge on any atom is 0.258 e. The van der Waals surface area contributed by atoms with Gasteiger partial charge in [-0.3, -0.25) is 14.6 Å². The van der Waals surface area contributed by atoms with E-state index in [4.69, 9.17) is 30.5 Å². The molecular weight excluding hydrogens is 546 g/mol. The molecule has 1 amide bonds. The van der Waals surface area contributed by atoms with E-state index in [0.29, 0.717) is 52.2 Å². The summed E-state index contributed by atoms with van der Waals surface area (Å²) < 4.78 is 21.8. The second kappa shape index (κ2) is 14.0. The van der Waals surface area contributed by atoms with Gasteiger partial charge in [-0.2, -0.15) is 0 Å². The monoisotopic (exact) mass is 575 g/mol. The van der Waals surface area contributed by atoms with Crippen molar-refractivity contribution < 1.29 is 28.5 Å². The molecule has 0 radical (unpaired) electrons. The van der Waals surface area contributed by atoms with Gasteiger partial charge in [0.25, 0.3) is 5.91 Å². The lowest BCUT2D eigenvalue weighted by Crippen LogP contribution is -2.32. The molecule has 0 bridgehead atoms. The fraction of sp³-hybridized carbons (Fsp3) is 0.194. The number of pyridine rings is 1. The second-order valence-corrected chi connectivity index (χ2v) is 9.17. The number of ether oxygens (including phenoxy) is 4. The van der Waals surface area contributed by atoms with Gasteiger partial charge in [-0.15, -0.1) is 0 Å². The molecule has 1 heterocycles. The number of nitrogens with zero attached hydrogens (tertiary/aromatic N) is 1. The van der Waals surface area contributed by atoms with Crippen LogP contribution in [0.2, 0.25) is 5.02 Å². The first-order valence-electron chi connectivity index (χ1n) is 12.7. The Morgan fingerprint density at radius 2 is 1.66 bits per heavy atom. The van der Waals surface area contributed by atoms with Crippen LogP contribution in [0.15, 0.2) is 72.9 Å². The maximum atomic E-state index is 13.0. The molecule has 0 saturated carbocycles. The molecule has 10 heteroatoms. The van der Waals surface area contributed by atoms with E-state index in [1.165, 1.54) is 27.4 Å². The number of amides is 1. The minimum Gasteiger partial charge on any atom is -0.493 e. The zero-order chi connectivity index (χ0) is 29.2. The number of nitrogens with one attached hydrogen (secondary N) is 2. The third-order valence-electron chi connectivity index (χ3n) is 6.09. The van der Waals surface area contributed by atoms with Crippen LogP contribution < -0.4 is 29.6 Å². The maximum absolute atomic E-state index is 13.0. The van der Waals surface area contributed by atoms with E-state index in [2.05, 4.69) is 15.6 Å². The molecule has 0 unspecified atom stereocenters. The van der Waals surface area contributed by atoms with Crippen LogP contribution >= 0.6 is 11.6 Å². The van der Waals surface area contributed by atoms with Crippen LogP contribution in [-0.2, 0) is 4.79 Å². The zero-order valence-corrected chi connectivity index (χ0v) is 23.7. The third-order valence-corrected chi connectivity index (χ3v) is 6.33. The van der Waals surface area contributed by atoms with Gasteiger partial charge in [0, 0.05) is 35.4 Å². The summed E-state index contributed by atoms with van der Waals surface area (Å²) in [6.07, 6.45) is 4.77. The predicted molar refractivity (Wildman–Crippen MR) is 160 cm³/mol. The van der Waals surface area contributed by atoms with Crippen LogP contribution in [0.1, 0.15) is 15.9 Å². The molecule has 0 spiro atoms. The number of allylic oxidation sites excluding steroid dienone is 1. The lowest BCUT2D eigenvalue weighted by atomic mass is 10.1. The Morgan fingerprint density at radius 1 is 0.902 bits per heavy atom. The molecule has 212 valence electrons. The number of benzene rings is 3. The van der Waals surface area contributed by atoms with Crippen LogP contribution in [0.5, 0.6) is 23.0 Å². The number of ketones is 1. The van der Waals surface area contributed by atoms with E-state index in [1.54, 1.807) is 54.7 Å². The number of hydrogen-bond donors (Lipinski definition) is 2. The molecule has 4 rings (SSSR count). The van der Waals surface area contributed by atoms with Crippen molar-refractivity contribution in [3.05, 3.63) is 89.1 Å². The summed E-state index contributed by atoms with van der Waals surface area (Å²) in [4.78, 5) is 29.7. The molecule has 41 heavy (non-hydrogen) atoms. The quantitative estimate of drug-likeness (QED) is 0.124. The van der Waals surface area contributed by atoms with Gasteiger partial charge in [0.15, 0.2) is 23.9 Å². The number of rotatable bonds is 13. The molecule has 0 aliphatic heterocycles. The van der Waals surface area contributed by atoms with Crippen molar-refractivity contribution in [2.75, 3.05) is 46.3 Å². The van der Waals surface area contributed by atoms with Crippen molar-refractivity contribution in [1.29, 1.82) is 0 Å². The number of hydrogen-bond acceptors (Lipinski definition) is 8. The molecule has 3 aromatic carbocycles. The first-order chi connectivity index (χ1) is 19.9. The van der Waals surface area contributed by atoms with E-state index in [1.807, 2.05) is 18.2 Å². The van der Waals surface area contributed by atoms with Crippen LogP contribution in [0, 0.1) is 0 Å². The number of aromatic nitrogens is 1. The minimum atomic E-state index is -0.312. The number of carbonyl (C=O) groups excluding carboxylic acids is 2. The van der Waals surface area contributed by atoms with Gasteiger partial charge in [-0.25, -0.2) is 0 Å². The van der Waals surface area contributed by atoms with E-state index in [9.17, 15) is 9.59 Å². The molecular formula is C31H30ClN3O6. The molecule has 0 aliphatic carbocycles. The molecule has 4 aromatic rings. The van der Waals surface area contributed by atoms with Crippen LogP contribution in [0.4, 0.5) is 5.69 Å². The molecule has 0 saturated heterocycles. The summed E-state index contributed by atoms with van der Waals surface area (Å²) in [5.41, 5.74) is 2.69. The van der Waals surface area contributed by atoms with E-state index in [0.717, 1.165) is 16.6 Å². The fourth-order valence-corrected chi connectivity index (χ4v) is 4.29. The van der Waals surface area contributed by atoms with Crippen LogP contribution in [-0.4, -0.2) is 57.7 Å². The molecule has 0 fully saturated rings. The average molecular weight is 576 g/mol. The smallest absolute Gasteiger partial charge is 0.258 e. The standard InChI is InChI=1S/C31H30ClN3O6/c1-38-28-16-20(17-29(39-2)31(28)40-3)8-11-26(36)23-6-4-5-7-27(23)41-19-30(37)35-15-14-34-24-12-13-33-25-18-21(32)9-10-22(24)25/h4-13,16-18H,14-15,19H2,1-3H3,(H,33,34)(H,35,37)/b11-8+. The number of halogens is 1. The van der Waals surface area contributed by atoms with Gasteiger partial charge in [0.1, 0.15) is 5.75 Å². The normalized spacial score (nSPS) is 10.8. The third kappa shape index (κ3) is 7.46. The number of methoxy groups -OCH3 is 3. The SMILES string of the molecule is COc1cc(/C=C/C(=O)c2ccccc2OCC(=O)NCCNc2ccnc3cc(Cl)ccc23)cc(OC)c1OC. The fourth-order valence-electron chi connectivity index (χ4n) is 4.12. The Kier molecular flexibility index (Phi) is 10.0. The Labute approximate surface area is 243 Å². The van der Waals surface area contributed by atoms with Gasteiger partial charge in [-0.1, -0.05) is 29.8 Å². The number of fused-ring (bicyclic) bond motifs is 1. The molecule has 0 aliphatic rings. The van der Waals surface area contributed by atoms with Gasteiger partial charge in [0.2, 0.25) is 5.75 Å². The summed E-state index contributed by atoms with van der Waals surface area (Å²) in [5.74, 6) is 1.12. The highest BCUT2D eigenvalue weighted by Gasteiger charge is 2.14. The average Bonchev–Trinajstić information content (AvgIpc) is 3.00. The molecule has 1 aromatic heterocycles. The summed E-state index contributed by atoms with van der Waals surface area (Å²) in [7, 11) is 4.57. The van der Waals surface area contributed by atoms with Gasteiger partial charge in [-0.05, 0) is 60.2 Å². The molecule has 9 nitrogen and oxygen atoms in total. The van der Waals surface area contributed by atoms with Crippen molar-refractivity contribution in [3.63, 3.8) is 0 Å². The van der Waals surface area contributed by atoms with Gasteiger partial charge in [0.05, 0.1) is 32.4 Å². The summed E-state index contributed by atoms with van der Waals surface area (Å²) in [5, 5.41) is 7.66. The van der Waals surface area contributed by atoms with E-state index in [-0.39, 0.29) is 18.3 Å². The Hall–Kier alpha value is -4.76. The lowest BCUT2D eigenvalue weighted by molar-refractivity contribution is -0.123. The topological polar surface area (TPSA) is 108 Å². The molecule has 0 atom stereocenters. The van der Waals surface area contributed by atoms with Crippen molar-refractivity contribution in [3.8, 4) is 23.0 Å². The first kappa shape index (κ1) is 29.2. The zero-order valence-electron chi connectivity index (χ0n) is 22.9. The lowest BCUT2D eigenvalue weighted by Gasteiger charge is -2.13. The van der Waals surface area contributed by atoms with Gasteiger partial charge < -0.3 is 29.6 Å². The van der Waals surface area contributed by atoms with Crippen LogP contribution in [0.25, 0.3) is 17.0 Å². The summed E-state index contributed by atoms with van der Waals surface area (Å²) in [6, 6.07) is 17.6. The highest BCUT2D eigenvalue weighted by atomic mass is 35.5. The molecule has 2 N–H and O–H groups in total. The number of carbonyl (C=O) groups is 2. The minimum absolute atomic E-state index is 0.239. The van der Waals surface area contributed by atoms with Crippen molar-refractivity contribution in [1.82, 2.24) is 10.3 Å². The van der Waals surface area contributed by atoms with Gasteiger partial charge >= 0.3 is 0 Å². The number of para-hydroxylation sites is 1. The van der Waals surface area contributed by atoms with Crippen molar-refractivity contribution in [2.45, 2.75) is 0 Å². The second-order valence-electron chi connectivity index (χ2n) is 8.74. The highest BCUT2D eigenvalue weighted by molar-refractivity contribution is 6.31. The Morgan fingerprint density at radius 3 is 2.39 bits per heavy atom. The van der Waals surface area contributed by atoms with E-state index >= 15 is 0 Å². The number of anilines is 1. The Bertz CT molecular complexity index is 1550. The predicted octanol–water partition coefficient (Wildman–Crippen LogP) is 5.42. The van der Waals surface area contributed by atoms with Crippen molar-refractivity contribution in [2.24, 2.45) is 0 Å². The van der Waals surface area contributed by atoms with E-state index < -0.39 is 0 Å². The van der Waals surface area contributed by atoms with Crippen molar-refractivity contribution >= 4 is 46.0 Å².